The monoisotopic (exact) mass is 543 g/mol. The van der Waals surface area contributed by atoms with Crippen LogP contribution in [0.25, 0.3) is 11.2 Å². The second-order valence-electron chi connectivity index (χ2n) is 8.16. The fraction of sp³-hybridized carbons (Fsp3) is 0.250. The molecule has 4 N–H and O–H groups in total. The van der Waals surface area contributed by atoms with Gasteiger partial charge < -0.3 is 20.4 Å². The van der Waals surface area contributed by atoms with E-state index in [-0.39, 0.29) is 24.6 Å². The number of carbonyl (C=O) groups is 1. The number of aromatic nitrogens is 4. The number of aryl methyl sites for hydroxylation is 1. The van der Waals surface area contributed by atoms with E-state index in [9.17, 15) is 13.2 Å². The highest BCUT2D eigenvalue weighted by Gasteiger charge is 2.14. The number of benzene rings is 2. The number of anilines is 1. The van der Waals surface area contributed by atoms with Gasteiger partial charge in [-0.05, 0) is 48.2 Å². The standard InChI is InChI=1S/C24H26ClN7O4S/c25-19-7-3-18(4-8-19)14-31-37(34,35)20-9-5-17(6-10-20)13-27-24(33)36-12-2-1-11-32-16-30-21-22(26)28-15-29-23(21)32/h3-10,15-16,31H,1-2,11-14H2,(H,27,33)(H2,26,28,29). The Morgan fingerprint density at radius 3 is 2.43 bits per heavy atom. The van der Waals surface area contributed by atoms with Crippen LogP contribution in [0.5, 0.6) is 0 Å². The lowest BCUT2D eigenvalue weighted by Crippen LogP contribution is -2.25. The first-order valence-electron chi connectivity index (χ1n) is 11.5. The second kappa shape index (κ2) is 12.0. The number of fused-ring (bicyclic) bond motifs is 1. The van der Waals surface area contributed by atoms with Crippen molar-refractivity contribution in [3.8, 4) is 0 Å². The Bertz CT molecular complexity index is 1460. The van der Waals surface area contributed by atoms with Crippen LogP contribution in [-0.2, 0) is 34.4 Å². The van der Waals surface area contributed by atoms with Crippen molar-refractivity contribution < 1.29 is 17.9 Å². The average Bonchev–Trinajstić information content (AvgIpc) is 3.31. The van der Waals surface area contributed by atoms with Crippen molar-refractivity contribution in [2.45, 2.75) is 37.4 Å². The Morgan fingerprint density at radius 1 is 0.973 bits per heavy atom. The number of nitrogens with zero attached hydrogens (tertiary/aromatic N) is 4. The number of nitrogen functional groups attached to an aromatic ring is 1. The highest BCUT2D eigenvalue weighted by atomic mass is 35.5. The lowest BCUT2D eigenvalue weighted by molar-refractivity contribution is 0.143. The molecule has 0 radical (unpaired) electrons. The Balaban J connectivity index is 1.16. The van der Waals surface area contributed by atoms with Gasteiger partial charge in [-0.2, -0.15) is 0 Å². The molecule has 0 bridgehead atoms. The first-order valence-corrected chi connectivity index (χ1v) is 13.3. The molecule has 37 heavy (non-hydrogen) atoms. The number of ether oxygens (including phenoxy) is 1. The van der Waals surface area contributed by atoms with Gasteiger partial charge in [0, 0.05) is 24.7 Å². The van der Waals surface area contributed by atoms with Gasteiger partial charge in [0.2, 0.25) is 10.0 Å². The average molecular weight is 544 g/mol. The number of hydrogen-bond acceptors (Lipinski definition) is 8. The number of nitrogens with one attached hydrogen (secondary N) is 2. The fourth-order valence-electron chi connectivity index (χ4n) is 3.49. The van der Waals surface area contributed by atoms with Gasteiger partial charge in [-0.1, -0.05) is 35.9 Å². The number of nitrogens with two attached hydrogens (primary N) is 1. The summed E-state index contributed by atoms with van der Waals surface area (Å²) in [5.41, 5.74) is 8.56. The van der Waals surface area contributed by atoms with Crippen molar-refractivity contribution in [2.24, 2.45) is 0 Å². The van der Waals surface area contributed by atoms with Gasteiger partial charge in [-0.25, -0.2) is 32.9 Å². The van der Waals surface area contributed by atoms with Crippen LogP contribution in [0.3, 0.4) is 0 Å². The molecule has 11 nitrogen and oxygen atoms in total. The van der Waals surface area contributed by atoms with Crippen molar-refractivity contribution in [3.05, 3.63) is 77.3 Å². The van der Waals surface area contributed by atoms with Crippen molar-refractivity contribution in [3.63, 3.8) is 0 Å². The Labute approximate surface area is 219 Å². The summed E-state index contributed by atoms with van der Waals surface area (Å²) < 4.78 is 34.7. The number of hydrogen-bond donors (Lipinski definition) is 3. The molecule has 0 aliphatic heterocycles. The third kappa shape index (κ3) is 7.15. The molecule has 0 saturated heterocycles. The minimum absolute atomic E-state index is 0.132. The molecule has 0 aliphatic rings. The van der Waals surface area contributed by atoms with E-state index >= 15 is 0 Å². The summed E-state index contributed by atoms with van der Waals surface area (Å²) in [7, 11) is -3.68. The van der Waals surface area contributed by atoms with E-state index in [1.54, 1.807) is 42.7 Å². The van der Waals surface area contributed by atoms with Gasteiger partial charge in [0.05, 0.1) is 17.8 Å². The number of halogens is 1. The molecule has 0 spiro atoms. The van der Waals surface area contributed by atoms with Crippen molar-refractivity contribution >= 4 is 44.7 Å². The molecule has 4 aromatic rings. The normalized spacial score (nSPS) is 11.5. The number of rotatable bonds is 11. The third-order valence-electron chi connectivity index (χ3n) is 5.51. The zero-order valence-electron chi connectivity index (χ0n) is 19.8. The number of carbonyl (C=O) groups excluding carboxylic acids is 1. The van der Waals surface area contributed by atoms with Crippen LogP contribution in [0.4, 0.5) is 10.6 Å². The van der Waals surface area contributed by atoms with Gasteiger partial charge in [0.25, 0.3) is 0 Å². The molecule has 0 aliphatic carbocycles. The maximum Gasteiger partial charge on any atom is 0.407 e. The topological polar surface area (TPSA) is 154 Å². The molecule has 0 unspecified atom stereocenters. The van der Waals surface area contributed by atoms with E-state index < -0.39 is 16.1 Å². The summed E-state index contributed by atoms with van der Waals surface area (Å²) >= 11 is 5.85. The van der Waals surface area contributed by atoms with Crippen LogP contribution in [0.2, 0.25) is 5.02 Å². The van der Waals surface area contributed by atoms with Gasteiger partial charge >= 0.3 is 6.09 Å². The number of amides is 1. The first-order chi connectivity index (χ1) is 17.8. The van der Waals surface area contributed by atoms with Crippen molar-refractivity contribution in [1.29, 1.82) is 0 Å². The zero-order chi connectivity index (χ0) is 26.3. The summed E-state index contributed by atoms with van der Waals surface area (Å²) in [5, 5.41) is 3.24. The minimum atomic E-state index is -3.68. The quantitative estimate of drug-likeness (QED) is 0.243. The molecular weight excluding hydrogens is 518 g/mol. The lowest BCUT2D eigenvalue weighted by Gasteiger charge is -2.09. The van der Waals surface area contributed by atoms with E-state index in [0.717, 1.165) is 17.5 Å². The fourth-order valence-corrected chi connectivity index (χ4v) is 4.63. The van der Waals surface area contributed by atoms with Crippen LogP contribution in [0.1, 0.15) is 24.0 Å². The predicted molar refractivity (Wildman–Crippen MR) is 139 cm³/mol. The molecule has 2 aromatic carbocycles. The molecule has 0 saturated carbocycles. The van der Waals surface area contributed by atoms with Crippen LogP contribution in [0.15, 0.2) is 66.1 Å². The van der Waals surface area contributed by atoms with Crippen molar-refractivity contribution in [2.75, 3.05) is 12.3 Å². The SMILES string of the molecule is Nc1ncnc2c1ncn2CCCCOC(=O)NCc1ccc(S(=O)(=O)NCc2ccc(Cl)cc2)cc1. The molecule has 13 heteroatoms. The largest absolute Gasteiger partial charge is 0.450 e. The summed E-state index contributed by atoms with van der Waals surface area (Å²) in [4.78, 5) is 24.5. The van der Waals surface area contributed by atoms with Gasteiger partial charge in [-0.3, -0.25) is 0 Å². The Kier molecular flexibility index (Phi) is 8.54. The van der Waals surface area contributed by atoms with Crippen LogP contribution in [-0.4, -0.2) is 40.6 Å². The molecule has 2 heterocycles. The van der Waals surface area contributed by atoms with E-state index in [4.69, 9.17) is 22.1 Å². The highest BCUT2D eigenvalue weighted by Crippen LogP contribution is 2.15. The summed E-state index contributed by atoms with van der Waals surface area (Å²) in [5.74, 6) is 0.339. The molecule has 1 amide bonds. The minimum Gasteiger partial charge on any atom is -0.450 e. The van der Waals surface area contributed by atoms with E-state index in [1.165, 1.54) is 18.5 Å². The molecule has 4 rings (SSSR count). The van der Waals surface area contributed by atoms with Gasteiger partial charge in [-0.15, -0.1) is 0 Å². The van der Waals surface area contributed by atoms with Crippen LogP contribution >= 0.6 is 11.6 Å². The number of imidazole rings is 1. The maximum atomic E-state index is 12.5. The third-order valence-corrected chi connectivity index (χ3v) is 7.18. The summed E-state index contributed by atoms with van der Waals surface area (Å²) in [6.45, 7) is 1.27. The smallest absolute Gasteiger partial charge is 0.407 e. The second-order valence-corrected chi connectivity index (χ2v) is 10.4. The van der Waals surface area contributed by atoms with Crippen molar-refractivity contribution in [1.82, 2.24) is 29.6 Å². The molecule has 2 aromatic heterocycles. The number of sulfonamides is 1. The number of alkyl carbamates (subject to hydrolysis) is 1. The Hall–Kier alpha value is -3.74. The van der Waals surface area contributed by atoms with Crippen LogP contribution in [0, 0.1) is 0 Å². The molecule has 0 fully saturated rings. The predicted octanol–water partition coefficient (Wildman–Crippen LogP) is 3.25. The van der Waals surface area contributed by atoms with Gasteiger partial charge in [0.15, 0.2) is 11.5 Å². The van der Waals surface area contributed by atoms with Gasteiger partial charge in [0.1, 0.15) is 11.8 Å². The van der Waals surface area contributed by atoms with E-state index in [1.807, 2.05) is 4.57 Å². The maximum absolute atomic E-state index is 12.5. The highest BCUT2D eigenvalue weighted by molar-refractivity contribution is 7.89. The molecule has 0 atom stereocenters. The zero-order valence-corrected chi connectivity index (χ0v) is 21.4. The summed E-state index contributed by atoms with van der Waals surface area (Å²) in [6.07, 6.45) is 3.92. The van der Waals surface area contributed by atoms with E-state index in [0.29, 0.717) is 35.0 Å². The lowest BCUT2D eigenvalue weighted by atomic mass is 10.2. The molecular formula is C24H26ClN7O4S. The summed E-state index contributed by atoms with van der Waals surface area (Å²) in [6, 6.07) is 13.2. The van der Waals surface area contributed by atoms with E-state index in [2.05, 4.69) is 25.0 Å². The molecule has 194 valence electrons. The Morgan fingerprint density at radius 2 is 1.68 bits per heavy atom. The van der Waals surface area contributed by atoms with Crippen LogP contribution < -0.4 is 15.8 Å². The first kappa shape index (κ1) is 26.3. The number of unbranched alkanes of at least 4 members (excludes halogenated alkanes) is 1.